The number of thioether (sulfide) groups is 1. The van der Waals surface area contributed by atoms with Gasteiger partial charge in [0.05, 0.1) is 0 Å². The number of fused-ring (bicyclic) bond motifs is 1. The molecule has 3 heteroatoms. The van der Waals surface area contributed by atoms with Gasteiger partial charge in [0.15, 0.2) is 0 Å². The van der Waals surface area contributed by atoms with E-state index in [1.807, 2.05) is 12.3 Å². The third-order valence-corrected chi connectivity index (χ3v) is 4.15. The van der Waals surface area contributed by atoms with Crippen LogP contribution in [0.5, 0.6) is 5.75 Å². The summed E-state index contributed by atoms with van der Waals surface area (Å²) in [6.07, 6.45) is 3.00. The maximum Gasteiger partial charge on any atom is 0.125 e. The minimum absolute atomic E-state index is 0.421. The molecule has 1 nitrogen and oxygen atoms in total. The van der Waals surface area contributed by atoms with E-state index < -0.39 is 0 Å². The molecule has 0 unspecified atom stereocenters. The summed E-state index contributed by atoms with van der Waals surface area (Å²) in [5, 5.41) is 13.0. The average Bonchev–Trinajstić information content (AvgIpc) is 2.61. The predicted molar refractivity (Wildman–Crippen MR) is 64.6 cm³/mol. The van der Waals surface area contributed by atoms with Gasteiger partial charge in [-0.3, -0.25) is 0 Å². The Morgan fingerprint density at radius 1 is 1.43 bits per heavy atom. The van der Waals surface area contributed by atoms with Gasteiger partial charge in [-0.25, -0.2) is 0 Å². The predicted octanol–water partition coefficient (Wildman–Crippen LogP) is 3.89. The van der Waals surface area contributed by atoms with Gasteiger partial charge in [-0.2, -0.15) is 0 Å². The van der Waals surface area contributed by atoms with Gasteiger partial charge in [0.25, 0.3) is 0 Å². The lowest BCUT2D eigenvalue weighted by molar-refractivity contribution is 0.480. The van der Waals surface area contributed by atoms with Crippen LogP contribution in [-0.2, 0) is 6.42 Å². The molecule has 1 heterocycles. The Morgan fingerprint density at radius 2 is 2.21 bits per heavy atom. The number of hydrogen-bond acceptors (Lipinski definition) is 3. The highest BCUT2D eigenvalue weighted by atomic mass is 32.2. The molecule has 2 rings (SSSR count). The lowest BCUT2D eigenvalue weighted by Crippen LogP contribution is -1.79. The van der Waals surface area contributed by atoms with Crippen LogP contribution in [0.25, 0.3) is 10.1 Å². The molecule has 0 saturated carbocycles. The van der Waals surface area contributed by atoms with Crippen LogP contribution in [0.3, 0.4) is 0 Å². The summed E-state index contributed by atoms with van der Waals surface area (Å²) in [4.78, 5) is 1.17. The molecule has 0 radical (unpaired) electrons. The third kappa shape index (κ3) is 1.51. The molecule has 1 N–H and O–H groups in total. The third-order valence-electron chi connectivity index (χ3n) is 2.31. The number of aromatic hydroxyl groups is 1. The van der Waals surface area contributed by atoms with Gasteiger partial charge in [-0.15, -0.1) is 23.1 Å². The summed E-state index contributed by atoms with van der Waals surface area (Å²) >= 11 is 3.38. The van der Waals surface area contributed by atoms with Crippen molar-refractivity contribution >= 4 is 33.2 Å². The van der Waals surface area contributed by atoms with E-state index in [0.29, 0.717) is 5.75 Å². The van der Waals surface area contributed by atoms with Crippen molar-refractivity contribution in [3.05, 3.63) is 23.1 Å². The first-order valence-corrected chi connectivity index (χ1v) is 6.63. The Balaban J connectivity index is 2.72. The summed E-state index contributed by atoms with van der Waals surface area (Å²) in [6, 6.07) is 4.04. The van der Waals surface area contributed by atoms with Crippen molar-refractivity contribution in [1.82, 2.24) is 0 Å². The van der Waals surface area contributed by atoms with E-state index in [1.165, 1.54) is 15.2 Å². The fourth-order valence-electron chi connectivity index (χ4n) is 1.53. The van der Waals surface area contributed by atoms with E-state index >= 15 is 0 Å². The van der Waals surface area contributed by atoms with Crippen molar-refractivity contribution in [1.29, 1.82) is 0 Å². The number of aryl methyl sites for hydroxylation is 1. The van der Waals surface area contributed by atoms with E-state index in [0.717, 1.165) is 11.8 Å². The number of benzene rings is 1. The molecule has 0 spiro atoms. The fraction of sp³-hybridized carbons (Fsp3) is 0.273. The number of phenols is 1. The van der Waals surface area contributed by atoms with Crippen molar-refractivity contribution in [2.45, 2.75) is 18.2 Å². The molecule has 0 amide bonds. The summed E-state index contributed by atoms with van der Waals surface area (Å²) in [5.74, 6) is 0.421. The van der Waals surface area contributed by atoms with E-state index in [-0.39, 0.29) is 0 Å². The Kier molecular flexibility index (Phi) is 2.70. The van der Waals surface area contributed by atoms with Crippen LogP contribution in [-0.4, -0.2) is 11.4 Å². The van der Waals surface area contributed by atoms with Crippen molar-refractivity contribution < 1.29 is 5.11 Å². The van der Waals surface area contributed by atoms with Crippen LogP contribution in [0.2, 0.25) is 0 Å². The van der Waals surface area contributed by atoms with Crippen LogP contribution in [0.4, 0.5) is 0 Å². The van der Waals surface area contributed by atoms with Crippen LogP contribution in [0, 0.1) is 0 Å². The molecular formula is C11H12OS2. The van der Waals surface area contributed by atoms with Crippen LogP contribution < -0.4 is 0 Å². The maximum atomic E-state index is 9.88. The van der Waals surface area contributed by atoms with E-state index in [9.17, 15) is 5.11 Å². The molecule has 0 aliphatic rings. The molecule has 1 aromatic carbocycles. The van der Waals surface area contributed by atoms with Gasteiger partial charge < -0.3 is 5.11 Å². The number of rotatable bonds is 2. The van der Waals surface area contributed by atoms with Gasteiger partial charge >= 0.3 is 0 Å². The van der Waals surface area contributed by atoms with Crippen molar-refractivity contribution in [2.75, 3.05) is 6.26 Å². The molecule has 14 heavy (non-hydrogen) atoms. The van der Waals surface area contributed by atoms with Gasteiger partial charge in [0.2, 0.25) is 0 Å². The molecule has 0 aliphatic heterocycles. The van der Waals surface area contributed by atoms with Gasteiger partial charge in [-0.1, -0.05) is 6.92 Å². The zero-order chi connectivity index (χ0) is 10.1. The molecular weight excluding hydrogens is 212 g/mol. The van der Waals surface area contributed by atoms with E-state index in [4.69, 9.17) is 0 Å². The molecule has 0 saturated heterocycles. The molecule has 0 aliphatic carbocycles. The van der Waals surface area contributed by atoms with Crippen LogP contribution >= 0.6 is 23.1 Å². The van der Waals surface area contributed by atoms with Gasteiger partial charge in [-0.05, 0) is 30.4 Å². The maximum absolute atomic E-state index is 9.88. The van der Waals surface area contributed by atoms with E-state index in [1.54, 1.807) is 23.1 Å². The monoisotopic (exact) mass is 224 g/mol. The standard InChI is InChI=1S/C11H12OS2/c1-3-7-4-8(12)11-9(5-7)14-6-10(11)13-2/h4-6,12H,3H2,1-2H3. The number of phenolic OH excluding ortho intramolecular Hbond substituents is 1. The first-order valence-electron chi connectivity index (χ1n) is 4.53. The molecule has 74 valence electrons. The van der Waals surface area contributed by atoms with E-state index in [2.05, 4.69) is 18.4 Å². The Bertz CT molecular complexity index is 460. The second-order valence-electron chi connectivity index (χ2n) is 3.15. The molecule has 0 bridgehead atoms. The zero-order valence-electron chi connectivity index (χ0n) is 8.20. The van der Waals surface area contributed by atoms with Crippen molar-refractivity contribution in [3.63, 3.8) is 0 Å². The first-order chi connectivity index (χ1) is 6.76. The fourth-order valence-corrected chi connectivity index (χ4v) is 3.44. The largest absolute Gasteiger partial charge is 0.507 e. The summed E-state index contributed by atoms with van der Waals surface area (Å²) in [6.45, 7) is 2.10. The highest BCUT2D eigenvalue weighted by Gasteiger charge is 2.08. The zero-order valence-corrected chi connectivity index (χ0v) is 9.84. The molecule has 2 aromatic rings. The first kappa shape index (κ1) is 9.87. The SMILES string of the molecule is CCc1cc(O)c2c(SC)csc2c1. The van der Waals surface area contributed by atoms with Crippen LogP contribution in [0.1, 0.15) is 12.5 Å². The van der Waals surface area contributed by atoms with Crippen molar-refractivity contribution in [3.8, 4) is 5.75 Å². The molecule has 0 atom stereocenters. The minimum Gasteiger partial charge on any atom is -0.507 e. The lowest BCUT2D eigenvalue weighted by Gasteiger charge is -2.01. The second kappa shape index (κ2) is 3.83. The minimum atomic E-state index is 0.421. The Hall–Kier alpha value is -0.670. The summed E-state index contributed by atoms with van der Waals surface area (Å²) in [7, 11) is 0. The van der Waals surface area contributed by atoms with Crippen LogP contribution in [0.15, 0.2) is 22.4 Å². The van der Waals surface area contributed by atoms with Crippen molar-refractivity contribution in [2.24, 2.45) is 0 Å². The number of hydrogen-bond donors (Lipinski definition) is 1. The topological polar surface area (TPSA) is 20.2 Å². The summed E-state index contributed by atoms with van der Waals surface area (Å²) in [5.41, 5.74) is 1.20. The Morgan fingerprint density at radius 3 is 2.86 bits per heavy atom. The molecule has 0 fully saturated rings. The second-order valence-corrected chi connectivity index (χ2v) is 4.91. The Labute approximate surface area is 91.8 Å². The lowest BCUT2D eigenvalue weighted by atomic mass is 10.1. The smallest absolute Gasteiger partial charge is 0.125 e. The number of thiophene rings is 1. The highest BCUT2D eigenvalue weighted by Crippen LogP contribution is 2.38. The highest BCUT2D eigenvalue weighted by molar-refractivity contribution is 7.99. The molecule has 1 aromatic heterocycles. The van der Waals surface area contributed by atoms with Gasteiger partial charge in [0, 0.05) is 20.4 Å². The average molecular weight is 224 g/mol. The quantitative estimate of drug-likeness (QED) is 0.781. The normalized spacial score (nSPS) is 11.0. The van der Waals surface area contributed by atoms with Gasteiger partial charge in [0.1, 0.15) is 5.75 Å². The summed E-state index contributed by atoms with van der Waals surface area (Å²) < 4.78 is 1.19.